The van der Waals surface area contributed by atoms with Gasteiger partial charge in [-0.3, -0.25) is 0 Å². The van der Waals surface area contributed by atoms with E-state index in [4.69, 9.17) is 0 Å². The van der Waals surface area contributed by atoms with E-state index in [2.05, 4.69) is 101 Å². The molecule has 0 saturated carbocycles. The average molecular weight is 410 g/mol. The Morgan fingerprint density at radius 1 is 0.960 bits per heavy atom. The van der Waals surface area contributed by atoms with Crippen LogP contribution in [0, 0.1) is 5.92 Å². The molecule has 0 saturated heterocycles. The second kappa shape index (κ2) is 6.81. The predicted molar refractivity (Wildman–Crippen MR) is 113 cm³/mol. The molecule has 25 heavy (non-hydrogen) atoms. The van der Waals surface area contributed by atoms with Gasteiger partial charge in [0.2, 0.25) is 0 Å². The van der Waals surface area contributed by atoms with Crippen molar-refractivity contribution in [3.63, 3.8) is 0 Å². The van der Waals surface area contributed by atoms with Gasteiger partial charge in [-0.1, -0.05) is 44.2 Å². The van der Waals surface area contributed by atoms with E-state index >= 15 is 0 Å². The first-order chi connectivity index (χ1) is 12.1. The summed E-state index contributed by atoms with van der Waals surface area (Å²) in [7, 11) is 0. The quantitative estimate of drug-likeness (QED) is 0.332. The minimum Gasteiger partial charge on any atom is -0.316 e. The second-order valence-electron chi connectivity index (χ2n) is 6.80. The van der Waals surface area contributed by atoms with Crippen molar-refractivity contribution < 1.29 is 0 Å². The van der Waals surface area contributed by atoms with E-state index in [0.717, 1.165) is 10.2 Å². The Morgan fingerprint density at radius 2 is 1.72 bits per heavy atom. The van der Waals surface area contributed by atoms with Crippen LogP contribution in [0.5, 0.6) is 0 Å². The number of rotatable bonds is 4. The third kappa shape index (κ3) is 3.31. The molecular weight excluding hydrogens is 390 g/mol. The Hall–Kier alpha value is -1.84. The highest BCUT2D eigenvalue weighted by atomic mass is 79.9. The number of benzene rings is 2. The summed E-state index contributed by atoms with van der Waals surface area (Å²) in [5, 5.41) is 1.29. The van der Waals surface area contributed by atoms with E-state index < -0.39 is 0 Å². The third-order valence-electron chi connectivity index (χ3n) is 4.41. The van der Waals surface area contributed by atoms with E-state index in [1.807, 2.05) is 0 Å². The van der Waals surface area contributed by atoms with Crippen LogP contribution in [0.4, 0.5) is 0 Å². The van der Waals surface area contributed by atoms with E-state index in [1.165, 1.54) is 32.6 Å². The van der Waals surface area contributed by atoms with Gasteiger partial charge in [-0.25, -0.2) is 0 Å². The van der Waals surface area contributed by atoms with Gasteiger partial charge in [0, 0.05) is 27.7 Å². The lowest BCUT2D eigenvalue weighted by atomic mass is 10.0. The summed E-state index contributed by atoms with van der Waals surface area (Å²) in [5.41, 5.74) is 5.15. The maximum Gasteiger partial charge on any atom is 0.0705 e. The molecule has 2 heterocycles. The van der Waals surface area contributed by atoms with Gasteiger partial charge >= 0.3 is 0 Å². The summed E-state index contributed by atoms with van der Waals surface area (Å²) < 4.78 is 3.47. The number of fused-ring (bicyclic) bond motifs is 1. The van der Waals surface area contributed by atoms with Crippen molar-refractivity contribution in [3.05, 3.63) is 76.2 Å². The Kier molecular flexibility index (Phi) is 4.53. The largest absolute Gasteiger partial charge is 0.316 e. The second-order valence-corrected chi connectivity index (χ2v) is 9.26. The van der Waals surface area contributed by atoms with Gasteiger partial charge in [-0.15, -0.1) is 11.3 Å². The van der Waals surface area contributed by atoms with Crippen LogP contribution >= 0.6 is 27.3 Å². The van der Waals surface area contributed by atoms with Crippen molar-refractivity contribution in [2.45, 2.75) is 20.3 Å². The van der Waals surface area contributed by atoms with Crippen LogP contribution in [0.25, 0.3) is 27.0 Å². The van der Waals surface area contributed by atoms with Crippen molar-refractivity contribution in [2.75, 3.05) is 0 Å². The van der Waals surface area contributed by atoms with Crippen LogP contribution in [-0.2, 0) is 6.42 Å². The first-order valence-corrected chi connectivity index (χ1v) is 10.2. The number of aromatic nitrogens is 1. The summed E-state index contributed by atoms with van der Waals surface area (Å²) in [6, 6.07) is 21.9. The molecule has 0 fully saturated rings. The van der Waals surface area contributed by atoms with Crippen LogP contribution in [0.2, 0.25) is 0 Å². The third-order valence-corrected chi connectivity index (χ3v) is 6.07. The van der Waals surface area contributed by atoms with Gasteiger partial charge in [0.15, 0.2) is 0 Å². The minimum absolute atomic E-state index is 0.683. The number of halogens is 1. The van der Waals surface area contributed by atoms with Gasteiger partial charge in [0.05, 0.1) is 9.30 Å². The van der Waals surface area contributed by atoms with Crippen LogP contribution in [0.3, 0.4) is 0 Å². The molecule has 0 spiro atoms. The van der Waals surface area contributed by atoms with Crippen molar-refractivity contribution in [2.24, 2.45) is 5.92 Å². The van der Waals surface area contributed by atoms with E-state index in [-0.39, 0.29) is 0 Å². The molecule has 2 aromatic carbocycles. The fraction of sp³-hybridized carbons (Fsp3) is 0.182. The minimum atomic E-state index is 0.683. The fourth-order valence-electron chi connectivity index (χ4n) is 3.31. The molecule has 0 aliphatic rings. The highest BCUT2D eigenvalue weighted by Crippen LogP contribution is 2.37. The van der Waals surface area contributed by atoms with E-state index in [0.29, 0.717) is 5.92 Å². The van der Waals surface area contributed by atoms with Crippen LogP contribution in [0.1, 0.15) is 19.4 Å². The van der Waals surface area contributed by atoms with Crippen molar-refractivity contribution >= 4 is 38.2 Å². The summed E-state index contributed by atoms with van der Waals surface area (Å²) in [6.07, 6.45) is 3.39. The molecule has 1 nitrogen and oxygen atoms in total. The normalized spacial score (nSPS) is 11.5. The molecule has 0 radical (unpaired) electrons. The Labute approximate surface area is 161 Å². The first kappa shape index (κ1) is 16.6. The van der Waals surface area contributed by atoms with Crippen LogP contribution < -0.4 is 0 Å². The van der Waals surface area contributed by atoms with Gasteiger partial charge in [-0.05, 0) is 64.2 Å². The summed E-state index contributed by atoms with van der Waals surface area (Å²) in [4.78, 5) is 1.29. The lowest BCUT2D eigenvalue weighted by Gasteiger charge is -2.08. The number of nitrogens with zero attached hydrogens (tertiary/aromatic N) is 1. The lowest BCUT2D eigenvalue weighted by molar-refractivity contribution is 0.647. The smallest absolute Gasteiger partial charge is 0.0705 e. The van der Waals surface area contributed by atoms with Crippen molar-refractivity contribution in [1.82, 2.24) is 4.57 Å². The fourth-order valence-corrected chi connectivity index (χ4v) is 4.72. The summed E-state index contributed by atoms with van der Waals surface area (Å²) >= 11 is 5.36. The molecule has 4 rings (SSSR count). The maximum atomic E-state index is 3.58. The molecule has 2 aromatic heterocycles. The number of thiophene rings is 1. The first-order valence-electron chi connectivity index (χ1n) is 8.57. The average Bonchev–Trinajstić information content (AvgIpc) is 3.19. The van der Waals surface area contributed by atoms with Crippen LogP contribution in [-0.4, -0.2) is 4.57 Å². The molecule has 0 unspecified atom stereocenters. The molecule has 0 aliphatic carbocycles. The zero-order valence-corrected chi connectivity index (χ0v) is 16.8. The highest BCUT2D eigenvalue weighted by molar-refractivity contribution is 9.11. The maximum absolute atomic E-state index is 3.58. The number of hydrogen-bond donors (Lipinski definition) is 0. The molecule has 0 bridgehead atoms. The molecule has 4 aromatic rings. The molecule has 0 atom stereocenters. The van der Waals surface area contributed by atoms with E-state index in [1.54, 1.807) is 11.3 Å². The molecule has 3 heteroatoms. The SMILES string of the molecule is CC(C)Cc1ccc(-n2cc(-c3ccc(Br)s3)c3ccccc32)cc1. The van der Waals surface area contributed by atoms with E-state index in [9.17, 15) is 0 Å². The van der Waals surface area contributed by atoms with Crippen LogP contribution in [0.15, 0.2) is 70.6 Å². The number of para-hydroxylation sites is 1. The Bertz CT molecular complexity index is 1010. The Balaban J connectivity index is 1.82. The van der Waals surface area contributed by atoms with Gasteiger partial charge in [-0.2, -0.15) is 0 Å². The van der Waals surface area contributed by atoms with Crippen molar-refractivity contribution in [3.8, 4) is 16.1 Å². The monoisotopic (exact) mass is 409 g/mol. The Morgan fingerprint density at radius 3 is 2.40 bits per heavy atom. The predicted octanol–water partition coefficient (Wildman–Crippen LogP) is 7.32. The summed E-state index contributed by atoms with van der Waals surface area (Å²) in [6.45, 7) is 4.53. The zero-order valence-electron chi connectivity index (χ0n) is 14.4. The topological polar surface area (TPSA) is 4.93 Å². The zero-order chi connectivity index (χ0) is 17.4. The molecule has 0 amide bonds. The standard InChI is InChI=1S/C22H20BrNS/c1-15(2)13-16-7-9-17(10-8-16)24-14-19(21-11-12-22(23)25-21)18-5-3-4-6-20(18)24/h3-12,14-15H,13H2,1-2H3. The van der Waals surface area contributed by atoms with Gasteiger partial charge in [0.1, 0.15) is 0 Å². The van der Waals surface area contributed by atoms with Crippen molar-refractivity contribution in [1.29, 1.82) is 0 Å². The molecule has 126 valence electrons. The number of hydrogen-bond acceptors (Lipinski definition) is 1. The lowest BCUT2D eigenvalue weighted by Crippen LogP contribution is -1.96. The molecule has 0 N–H and O–H groups in total. The van der Waals surface area contributed by atoms with Gasteiger partial charge < -0.3 is 4.57 Å². The van der Waals surface area contributed by atoms with Gasteiger partial charge in [0.25, 0.3) is 0 Å². The molecular formula is C22H20BrNS. The molecule has 0 aliphatic heterocycles. The highest BCUT2D eigenvalue weighted by Gasteiger charge is 2.12. The summed E-state index contributed by atoms with van der Waals surface area (Å²) in [5.74, 6) is 0.683.